The molecule has 0 aliphatic heterocycles. The van der Waals surface area contributed by atoms with E-state index >= 15 is 0 Å². The lowest BCUT2D eigenvalue weighted by molar-refractivity contribution is -0.383. The van der Waals surface area contributed by atoms with Crippen LogP contribution in [0.25, 0.3) is 11.1 Å². The first-order chi connectivity index (χ1) is 28.0. The van der Waals surface area contributed by atoms with Crippen LogP contribution in [0.3, 0.4) is 0 Å². The third-order valence-electron chi connectivity index (χ3n) is 14.3. The van der Waals surface area contributed by atoms with Gasteiger partial charge in [-0.1, -0.05) is 88.7 Å². The van der Waals surface area contributed by atoms with Gasteiger partial charge in [-0.2, -0.15) is 38.1 Å². The molecule has 4 aliphatic rings. The van der Waals surface area contributed by atoms with Gasteiger partial charge in [-0.15, -0.1) is 0 Å². The van der Waals surface area contributed by atoms with Crippen LogP contribution in [0.2, 0.25) is 0 Å². The van der Waals surface area contributed by atoms with E-state index in [4.69, 9.17) is 9.47 Å². The van der Waals surface area contributed by atoms with Crippen LogP contribution in [0.15, 0.2) is 66.7 Å². The van der Waals surface area contributed by atoms with Gasteiger partial charge in [0.05, 0.1) is 25.9 Å². The maximum atomic E-state index is 13.6. The standard InChI is InChI=1S/C48H61F6NO3S/c1-6-22-46(47(49,50)51,48(52,53)54)58-29-26-55(5)25-28-57-43-20-19-42-40-17-15-32-30-33(16-18-34(32)39(40)21-23-45(42,43)4)56-27-24-44(2,3)59-31-41-37-13-9-7-11-35(37)36-12-8-10-14-38(36)41/h7-14,16,18,30,39-43H,6,15,17,19-29,31H2,1-5H3/t39?,40?,42?,43-,45-/m0/s1. The molecule has 2 fully saturated rings. The van der Waals surface area contributed by atoms with Gasteiger partial charge in [0.2, 0.25) is 0 Å². The number of hydrogen-bond acceptors (Lipinski definition) is 5. The summed E-state index contributed by atoms with van der Waals surface area (Å²) in [4.78, 5) is 1.68. The minimum Gasteiger partial charge on any atom is -0.494 e. The molecule has 59 heavy (non-hydrogen) atoms. The van der Waals surface area contributed by atoms with Crippen molar-refractivity contribution in [3.05, 3.63) is 89.0 Å². The van der Waals surface area contributed by atoms with Crippen molar-refractivity contribution in [2.75, 3.05) is 45.7 Å². The van der Waals surface area contributed by atoms with Crippen molar-refractivity contribution in [3.63, 3.8) is 0 Å². The molecule has 0 spiro atoms. The van der Waals surface area contributed by atoms with E-state index in [1.54, 1.807) is 11.9 Å². The van der Waals surface area contributed by atoms with Crippen LogP contribution in [0.5, 0.6) is 5.75 Å². The summed E-state index contributed by atoms with van der Waals surface area (Å²) >= 11 is 2.03. The topological polar surface area (TPSA) is 30.9 Å². The number of rotatable bonds is 17. The number of aryl methyl sites for hydroxylation is 1. The van der Waals surface area contributed by atoms with Gasteiger partial charge in [-0.3, -0.25) is 0 Å². The molecule has 324 valence electrons. The van der Waals surface area contributed by atoms with E-state index in [0.717, 1.165) is 56.4 Å². The Kier molecular flexibility index (Phi) is 13.2. The Morgan fingerprint density at radius 2 is 1.44 bits per heavy atom. The van der Waals surface area contributed by atoms with Gasteiger partial charge >= 0.3 is 12.4 Å². The van der Waals surface area contributed by atoms with E-state index in [-0.39, 0.29) is 29.2 Å². The van der Waals surface area contributed by atoms with Crippen LogP contribution in [0, 0.1) is 17.3 Å². The van der Waals surface area contributed by atoms with E-state index in [2.05, 4.69) is 92.2 Å². The molecule has 2 saturated carbocycles. The molecule has 3 unspecified atom stereocenters. The first-order valence-corrected chi connectivity index (χ1v) is 22.6. The lowest BCUT2D eigenvalue weighted by atomic mass is 9.55. The third kappa shape index (κ3) is 8.96. The Bertz CT molecular complexity index is 1840. The molecule has 0 saturated heterocycles. The molecule has 0 N–H and O–H groups in total. The van der Waals surface area contributed by atoms with Crippen molar-refractivity contribution >= 4 is 11.8 Å². The smallest absolute Gasteiger partial charge is 0.426 e. The largest absolute Gasteiger partial charge is 0.494 e. The van der Waals surface area contributed by atoms with Crippen LogP contribution in [-0.2, 0) is 15.9 Å². The summed E-state index contributed by atoms with van der Waals surface area (Å²) in [5, 5.41) is 0. The molecule has 0 heterocycles. The number of fused-ring (bicyclic) bond motifs is 8. The van der Waals surface area contributed by atoms with Crippen molar-refractivity contribution in [3.8, 4) is 16.9 Å². The number of thioether (sulfide) groups is 1. The molecule has 5 atom stereocenters. The molecule has 3 aromatic carbocycles. The van der Waals surface area contributed by atoms with Gasteiger partial charge < -0.3 is 19.1 Å². The molecule has 4 nitrogen and oxygen atoms in total. The predicted molar refractivity (Wildman–Crippen MR) is 224 cm³/mol. The van der Waals surface area contributed by atoms with Crippen LogP contribution in [0.1, 0.15) is 113 Å². The second-order valence-electron chi connectivity index (χ2n) is 18.4. The summed E-state index contributed by atoms with van der Waals surface area (Å²) in [6.07, 6.45) is -5.14. The monoisotopic (exact) mass is 845 g/mol. The van der Waals surface area contributed by atoms with Gasteiger partial charge in [-0.25, -0.2) is 0 Å². The summed E-state index contributed by atoms with van der Waals surface area (Å²) in [5.74, 6) is 4.05. The second kappa shape index (κ2) is 17.6. The first kappa shape index (κ1) is 44.3. The van der Waals surface area contributed by atoms with Crippen LogP contribution < -0.4 is 4.74 Å². The highest BCUT2D eigenvalue weighted by molar-refractivity contribution is 8.00. The number of ether oxygens (including phenoxy) is 3. The van der Waals surface area contributed by atoms with Crippen molar-refractivity contribution in [2.45, 2.75) is 126 Å². The zero-order chi connectivity index (χ0) is 42.2. The maximum Gasteiger partial charge on any atom is 0.426 e. The normalized spacial score (nSPS) is 24.4. The van der Waals surface area contributed by atoms with Gasteiger partial charge in [0.25, 0.3) is 5.60 Å². The zero-order valence-electron chi connectivity index (χ0n) is 35.2. The molecule has 4 aliphatic carbocycles. The van der Waals surface area contributed by atoms with Crippen molar-refractivity contribution in [2.24, 2.45) is 17.3 Å². The average Bonchev–Trinajstić information content (AvgIpc) is 3.69. The zero-order valence-corrected chi connectivity index (χ0v) is 36.0. The summed E-state index contributed by atoms with van der Waals surface area (Å²) in [5.41, 5.74) is 4.37. The molecule has 0 bridgehead atoms. The molecule has 3 aromatic rings. The highest BCUT2D eigenvalue weighted by Gasteiger charge is 2.71. The van der Waals surface area contributed by atoms with E-state index in [1.807, 2.05) is 11.8 Å². The van der Waals surface area contributed by atoms with Gasteiger partial charge in [0.1, 0.15) is 5.75 Å². The van der Waals surface area contributed by atoms with Gasteiger partial charge in [0.15, 0.2) is 0 Å². The average molecular weight is 846 g/mol. The number of halogens is 6. The lowest BCUT2D eigenvalue weighted by Gasteiger charge is -2.50. The van der Waals surface area contributed by atoms with E-state index in [9.17, 15) is 26.3 Å². The first-order valence-electron chi connectivity index (χ1n) is 21.6. The molecular formula is C48H61F6NO3S. The number of benzene rings is 3. The van der Waals surface area contributed by atoms with E-state index in [0.29, 0.717) is 43.4 Å². The van der Waals surface area contributed by atoms with Crippen molar-refractivity contribution in [1.29, 1.82) is 0 Å². The van der Waals surface area contributed by atoms with E-state index < -0.39 is 31.0 Å². The molecular weight excluding hydrogens is 785 g/mol. The van der Waals surface area contributed by atoms with Crippen LogP contribution >= 0.6 is 11.8 Å². The molecule has 7 rings (SSSR count). The summed E-state index contributed by atoms with van der Waals surface area (Å²) in [6, 6.07) is 24.4. The summed E-state index contributed by atoms with van der Waals surface area (Å²) in [7, 11) is 1.67. The highest BCUT2D eigenvalue weighted by Crippen LogP contribution is 2.62. The Morgan fingerprint density at radius 1 is 0.780 bits per heavy atom. The number of hydrogen-bond donors (Lipinski definition) is 0. The van der Waals surface area contributed by atoms with E-state index in [1.165, 1.54) is 40.3 Å². The van der Waals surface area contributed by atoms with Gasteiger partial charge in [0, 0.05) is 29.5 Å². The summed E-state index contributed by atoms with van der Waals surface area (Å²) < 4.78 is 99.4. The number of nitrogens with zero attached hydrogens (tertiary/aromatic N) is 1. The Hall–Kier alpha value is -2.73. The van der Waals surface area contributed by atoms with Gasteiger partial charge in [-0.05, 0) is 127 Å². The number of alkyl halides is 6. The number of likely N-dealkylation sites (N-methyl/N-ethyl adjacent to an activating group) is 1. The van der Waals surface area contributed by atoms with Crippen LogP contribution in [-0.4, -0.2) is 79.4 Å². The highest BCUT2D eigenvalue weighted by atomic mass is 32.2. The predicted octanol–water partition coefficient (Wildman–Crippen LogP) is 12.6. The fourth-order valence-electron chi connectivity index (χ4n) is 11.0. The summed E-state index contributed by atoms with van der Waals surface area (Å²) in [6.45, 7) is 8.99. The fourth-order valence-corrected chi connectivity index (χ4v) is 12.2. The van der Waals surface area contributed by atoms with Crippen molar-refractivity contribution < 1.29 is 40.6 Å². The SMILES string of the molecule is CCCC(OCCN(C)CCO[C@H]1CCC2C3CCc4cc(OCCC(C)(C)SCC5c6ccccc6-c6ccccc65)ccc4C3CC[C@@]21C)(C(F)(F)F)C(F)(F)F. The third-order valence-corrected chi connectivity index (χ3v) is 15.8. The maximum absolute atomic E-state index is 13.6. The molecule has 0 amide bonds. The quantitative estimate of drug-likeness (QED) is 0.126. The molecule has 0 aromatic heterocycles. The minimum atomic E-state index is -5.55. The molecule has 0 radical (unpaired) electrons. The molecule has 11 heteroatoms. The van der Waals surface area contributed by atoms with Crippen LogP contribution in [0.4, 0.5) is 26.3 Å². The van der Waals surface area contributed by atoms with Crippen molar-refractivity contribution in [1.82, 2.24) is 4.90 Å². The Labute approximate surface area is 351 Å². The minimum absolute atomic E-state index is 0.0396. The Balaban J connectivity index is 0.868. The Morgan fingerprint density at radius 3 is 2.10 bits per heavy atom. The second-order valence-corrected chi connectivity index (χ2v) is 20.1. The lowest BCUT2D eigenvalue weighted by Crippen LogP contribution is -2.59. The fraction of sp³-hybridized carbons (Fsp3) is 0.625.